The molecule has 0 saturated heterocycles. The Balaban J connectivity index is 2.82. The smallest absolute Gasteiger partial charge is 0.403 e. The molecule has 5 nitrogen and oxygen atoms in total. The Bertz CT molecular complexity index is 500. The highest BCUT2D eigenvalue weighted by Gasteiger charge is 2.45. The van der Waals surface area contributed by atoms with Crippen LogP contribution in [-0.4, -0.2) is 40.2 Å². The van der Waals surface area contributed by atoms with Gasteiger partial charge in [-0.05, 0) is 11.6 Å². The number of aromatic nitrogens is 1. The number of pyridine rings is 1. The van der Waals surface area contributed by atoms with E-state index in [0.29, 0.717) is 5.56 Å². The van der Waals surface area contributed by atoms with Crippen LogP contribution >= 0.6 is 0 Å². The van der Waals surface area contributed by atoms with Crippen LogP contribution in [-0.2, 0) is 11.3 Å². The molecule has 1 atom stereocenters. The SMILES string of the molecule is N#CCCN(Cc1cccnc1)CC(C(=O)O)C(F)(F)F. The van der Waals surface area contributed by atoms with Gasteiger partial charge in [-0.25, -0.2) is 0 Å². The number of aliphatic carboxylic acids is 1. The normalized spacial score (nSPS) is 12.9. The van der Waals surface area contributed by atoms with E-state index in [1.807, 2.05) is 6.07 Å². The van der Waals surface area contributed by atoms with Crippen molar-refractivity contribution in [1.29, 1.82) is 5.26 Å². The summed E-state index contributed by atoms with van der Waals surface area (Å²) >= 11 is 0. The highest BCUT2D eigenvalue weighted by Crippen LogP contribution is 2.27. The number of nitrogens with zero attached hydrogens (tertiary/aromatic N) is 3. The Labute approximate surface area is 119 Å². The van der Waals surface area contributed by atoms with Crippen molar-refractivity contribution in [2.75, 3.05) is 13.1 Å². The second-order valence-electron chi connectivity index (χ2n) is 4.44. The molecule has 21 heavy (non-hydrogen) atoms. The van der Waals surface area contributed by atoms with Gasteiger partial charge in [0.05, 0.1) is 6.07 Å². The van der Waals surface area contributed by atoms with Gasteiger partial charge in [-0.1, -0.05) is 6.07 Å². The number of alkyl halides is 3. The Morgan fingerprint density at radius 2 is 2.24 bits per heavy atom. The molecule has 1 aromatic rings. The summed E-state index contributed by atoms with van der Waals surface area (Å²) in [5.41, 5.74) is 0.654. The standard InChI is InChI=1S/C13H14F3N3O2/c14-13(15,16)11(12(20)21)9-19(6-2-4-17)8-10-3-1-5-18-7-10/h1,3,5,7,11H,2,6,8-9H2,(H,20,21). The van der Waals surface area contributed by atoms with E-state index in [1.165, 1.54) is 17.3 Å². The van der Waals surface area contributed by atoms with Gasteiger partial charge in [0, 0.05) is 38.4 Å². The lowest BCUT2D eigenvalue weighted by molar-refractivity contribution is -0.196. The first kappa shape index (κ1) is 16.9. The monoisotopic (exact) mass is 301 g/mol. The minimum absolute atomic E-state index is 0.0183. The fraction of sp³-hybridized carbons (Fsp3) is 0.462. The van der Waals surface area contributed by atoms with E-state index in [0.717, 1.165) is 0 Å². The van der Waals surface area contributed by atoms with E-state index in [2.05, 4.69) is 4.98 Å². The lowest BCUT2D eigenvalue weighted by Crippen LogP contribution is -2.41. The topological polar surface area (TPSA) is 77.2 Å². The summed E-state index contributed by atoms with van der Waals surface area (Å²) in [4.78, 5) is 15.9. The van der Waals surface area contributed by atoms with Crippen molar-refractivity contribution in [2.45, 2.75) is 19.1 Å². The summed E-state index contributed by atoms with van der Waals surface area (Å²) in [7, 11) is 0. The van der Waals surface area contributed by atoms with Crippen LogP contribution in [0.2, 0.25) is 0 Å². The molecule has 0 aliphatic heterocycles. The predicted molar refractivity (Wildman–Crippen MR) is 66.9 cm³/mol. The van der Waals surface area contributed by atoms with Gasteiger partial charge in [0.2, 0.25) is 0 Å². The molecule has 0 amide bonds. The Morgan fingerprint density at radius 1 is 1.52 bits per heavy atom. The number of rotatable bonds is 7. The number of nitriles is 1. The fourth-order valence-electron chi connectivity index (χ4n) is 1.77. The lowest BCUT2D eigenvalue weighted by Gasteiger charge is -2.26. The van der Waals surface area contributed by atoms with Gasteiger partial charge in [0.15, 0.2) is 5.92 Å². The van der Waals surface area contributed by atoms with Crippen molar-refractivity contribution in [1.82, 2.24) is 9.88 Å². The second-order valence-corrected chi connectivity index (χ2v) is 4.44. The molecule has 1 rings (SSSR count). The van der Waals surface area contributed by atoms with Crippen LogP contribution in [0, 0.1) is 17.2 Å². The highest BCUT2D eigenvalue weighted by molar-refractivity contribution is 5.71. The van der Waals surface area contributed by atoms with Crippen molar-refractivity contribution < 1.29 is 23.1 Å². The van der Waals surface area contributed by atoms with Gasteiger partial charge < -0.3 is 5.11 Å². The van der Waals surface area contributed by atoms with Gasteiger partial charge >= 0.3 is 12.1 Å². The van der Waals surface area contributed by atoms with E-state index in [9.17, 15) is 18.0 Å². The van der Waals surface area contributed by atoms with Gasteiger partial charge in [0.25, 0.3) is 0 Å². The second kappa shape index (κ2) is 7.59. The van der Waals surface area contributed by atoms with Crippen molar-refractivity contribution in [3.63, 3.8) is 0 Å². The summed E-state index contributed by atoms with van der Waals surface area (Å²) in [6.07, 6.45) is -1.79. The number of carbonyl (C=O) groups is 1. The zero-order chi connectivity index (χ0) is 15.9. The van der Waals surface area contributed by atoms with E-state index >= 15 is 0 Å². The molecule has 0 radical (unpaired) electrons. The number of carboxylic acids is 1. The molecular formula is C13H14F3N3O2. The number of hydrogen-bond donors (Lipinski definition) is 1. The largest absolute Gasteiger partial charge is 0.481 e. The zero-order valence-electron chi connectivity index (χ0n) is 11.0. The first-order valence-corrected chi connectivity index (χ1v) is 6.12. The molecule has 1 aromatic heterocycles. The van der Waals surface area contributed by atoms with E-state index in [-0.39, 0.29) is 19.5 Å². The average molecular weight is 301 g/mol. The first-order chi connectivity index (χ1) is 9.84. The molecule has 114 valence electrons. The lowest BCUT2D eigenvalue weighted by atomic mass is 10.1. The van der Waals surface area contributed by atoms with Crippen molar-refractivity contribution in [2.24, 2.45) is 5.92 Å². The van der Waals surface area contributed by atoms with Crippen LogP contribution in [0.3, 0.4) is 0 Å². The van der Waals surface area contributed by atoms with Crippen molar-refractivity contribution in [3.8, 4) is 6.07 Å². The van der Waals surface area contributed by atoms with Crippen LogP contribution in [0.1, 0.15) is 12.0 Å². The van der Waals surface area contributed by atoms with E-state index in [1.54, 1.807) is 12.1 Å². The number of halogens is 3. The van der Waals surface area contributed by atoms with Crippen molar-refractivity contribution in [3.05, 3.63) is 30.1 Å². The minimum atomic E-state index is -4.83. The predicted octanol–water partition coefficient (Wildman–Crippen LogP) is 2.06. The first-order valence-electron chi connectivity index (χ1n) is 6.12. The average Bonchev–Trinajstić information content (AvgIpc) is 2.41. The highest BCUT2D eigenvalue weighted by atomic mass is 19.4. The van der Waals surface area contributed by atoms with Gasteiger partial charge in [-0.15, -0.1) is 0 Å². The van der Waals surface area contributed by atoms with E-state index < -0.39 is 24.6 Å². The fourth-order valence-corrected chi connectivity index (χ4v) is 1.77. The van der Waals surface area contributed by atoms with Crippen LogP contribution in [0.25, 0.3) is 0 Å². The maximum Gasteiger partial charge on any atom is 0.403 e. The molecule has 0 fully saturated rings. The maximum atomic E-state index is 12.7. The molecular weight excluding hydrogens is 287 g/mol. The molecule has 0 spiro atoms. The van der Waals surface area contributed by atoms with Crippen molar-refractivity contribution >= 4 is 5.97 Å². The van der Waals surface area contributed by atoms with E-state index in [4.69, 9.17) is 10.4 Å². The summed E-state index contributed by atoms with van der Waals surface area (Å²) < 4.78 is 38.1. The van der Waals surface area contributed by atoms with Gasteiger partial charge in [-0.3, -0.25) is 14.7 Å². The third-order valence-corrected chi connectivity index (χ3v) is 2.80. The molecule has 8 heteroatoms. The molecule has 1 unspecified atom stereocenters. The van der Waals surface area contributed by atoms with Crippen LogP contribution in [0.5, 0.6) is 0 Å². The minimum Gasteiger partial charge on any atom is -0.481 e. The molecule has 0 aromatic carbocycles. The van der Waals surface area contributed by atoms with Crippen LogP contribution < -0.4 is 0 Å². The zero-order valence-corrected chi connectivity index (χ0v) is 11.0. The number of carboxylic acid groups (broad SMARTS) is 1. The molecule has 0 saturated carbocycles. The molecule has 0 bridgehead atoms. The Morgan fingerprint density at radius 3 is 2.71 bits per heavy atom. The van der Waals surface area contributed by atoms with Gasteiger partial charge in [-0.2, -0.15) is 18.4 Å². The van der Waals surface area contributed by atoms with Crippen LogP contribution in [0.15, 0.2) is 24.5 Å². The summed E-state index contributed by atoms with van der Waals surface area (Å²) in [5.74, 6) is -4.40. The molecule has 0 aliphatic rings. The molecule has 1 N–H and O–H groups in total. The Hall–Kier alpha value is -2.14. The third-order valence-electron chi connectivity index (χ3n) is 2.80. The molecule has 1 heterocycles. The van der Waals surface area contributed by atoms with Crippen LogP contribution in [0.4, 0.5) is 13.2 Å². The van der Waals surface area contributed by atoms with Gasteiger partial charge in [0.1, 0.15) is 0 Å². The summed E-state index contributed by atoms with van der Waals surface area (Å²) in [6.45, 7) is -0.532. The summed E-state index contributed by atoms with van der Waals surface area (Å²) in [5, 5.41) is 17.3. The third kappa shape index (κ3) is 5.79. The maximum absolute atomic E-state index is 12.7. The molecule has 0 aliphatic carbocycles. The quantitative estimate of drug-likeness (QED) is 0.834. The Kier molecular flexibility index (Phi) is 6.11. The summed E-state index contributed by atoms with van der Waals surface area (Å²) in [6, 6.07) is 5.15. The number of hydrogen-bond acceptors (Lipinski definition) is 4.